The third-order valence-electron chi connectivity index (χ3n) is 3.32. The van der Waals surface area contributed by atoms with Gasteiger partial charge in [-0.05, 0) is 31.4 Å². The van der Waals surface area contributed by atoms with Gasteiger partial charge in [0, 0.05) is 13.1 Å². The molecule has 1 unspecified atom stereocenters. The van der Waals surface area contributed by atoms with Crippen molar-refractivity contribution in [3.05, 3.63) is 42.5 Å². The van der Waals surface area contributed by atoms with Crippen molar-refractivity contribution in [2.24, 2.45) is 0 Å². The van der Waals surface area contributed by atoms with Crippen molar-refractivity contribution in [2.45, 2.75) is 38.8 Å². The van der Waals surface area contributed by atoms with Crippen LogP contribution in [0.2, 0.25) is 0 Å². The average molecular weight is 245 g/mol. The molecule has 2 nitrogen and oxygen atoms in total. The molecule has 2 rings (SSSR count). The van der Waals surface area contributed by atoms with E-state index in [4.69, 9.17) is 4.74 Å². The molecule has 0 bridgehead atoms. The Morgan fingerprint density at radius 2 is 2.06 bits per heavy atom. The van der Waals surface area contributed by atoms with Crippen LogP contribution >= 0.6 is 0 Å². The van der Waals surface area contributed by atoms with Crippen molar-refractivity contribution in [1.82, 2.24) is 4.90 Å². The molecule has 0 fully saturated rings. The Balaban J connectivity index is 1.97. The molecule has 0 saturated carbocycles. The Morgan fingerprint density at radius 1 is 1.22 bits per heavy atom. The number of unbranched alkanes of at least 4 members (excludes halogenated alkanes) is 1. The first-order valence-electron chi connectivity index (χ1n) is 7.01. The van der Waals surface area contributed by atoms with E-state index in [9.17, 15) is 0 Å². The van der Waals surface area contributed by atoms with Crippen LogP contribution in [-0.2, 0) is 0 Å². The van der Waals surface area contributed by atoms with Crippen LogP contribution in [0.5, 0.6) is 5.75 Å². The van der Waals surface area contributed by atoms with E-state index in [1.165, 1.54) is 12.8 Å². The fourth-order valence-electron chi connectivity index (χ4n) is 2.27. The highest BCUT2D eigenvalue weighted by Crippen LogP contribution is 2.18. The van der Waals surface area contributed by atoms with Crippen molar-refractivity contribution in [3.8, 4) is 5.75 Å². The minimum Gasteiger partial charge on any atom is -0.475 e. The molecule has 98 valence electrons. The fourth-order valence-corrected chi connectivity index (χ4v) is 2.27. The largest absolute Gasteiger partial charge is 0.475 e. The normalized spacial score (nSPS) is 17.6. The van der Waals surface area contributed by atoms with E-state index >= 15 is 0 Å². The molecule has 0 aromatic heterocycles. The van der Waals surface area contributed by atoms with Gasteiger partial charge in [0.1, 0.15) is 5.75 Å². The lowest BCUT2D eigenvalue weighted by molar-refractivity contribution is 0.0238. The monoisotopic (exact) mass is 245 g/mol. The summed E-state index contributed by atoms with van der Waals surface area (Å²) in [5.41, 5.74) is 0. The van der Waals surface area contributed by atoms with Gasteiger partial charge in [-0.1, -0.05) is 43.7 Å². The molecule has 18 heavy (non-hydrogen) atoms. The number of rotatable bonds is 6. The molecule has 1 aromatic rings. The molecule has 2 heteroatoms. The Labute approximate surface area is 110 Å². The summed E-state index contributed by atoms with van der Waals surface area (Å²) in [5.74, 6) is 0.980. The molecule has 1 aliphatic rings. The zero-order valence-corrected chi connectivity index (χ0v) is 11.2. The van der Waals surface area contributed by atoms with Crippen LogP contribution in [0.3, 0.4) is 0 Å². The van der Waals surface area contributed by atoms with Crippen LogP contribution in [0.15, 0.2) is 42.5 Å². The highest BCUT2D eigenvalue weighted by molar-refractivity contribution is 5.21. The smallest absolute Gasteiger partial charge is 0.152 e. The van der Waals surface area contributed by atoms with E-state index in [1.54, 1.807) is 0 Å². The maximum Gasteiger partial charge on any atom is 0.152 e. The second kappa shape index (κ2) is 7.22. The van der Waals surface area contributed by atoms with Crippen LogP contribution in [0.4, 0.5) is 0 Å². The fraction of sp³-hybridized carbons (Fsp3) is 0.500. The van der Waals surface area contributed by atoms with Crippen LogP contribution in [-0.4, -0.2) is 24.2 Å². The molecule has 0 saturated heterocycles. The summed E-state index contributed by atoms with van der Waals surface area (Å²) in [5, 5.41) is 0. The Hall–Kier alpha value is -1.28. The average Bonchev–Trinajstić information content (AvgIpc) is 2.45. The highest BCUT2D eigenvalue weighted by Gasteiger charge is 2.19. The molecular formula is C16H23NO. The summed E-state index contributed by atoms with van der Waals surface area (Å²) >= 11 is 0. The maximum atomic E-state index is 6.15. The zero-order valence-electron chi connectivity index (χ0n) is 11.2. The number of hydrogen-bond acceptors (Lipinski definition) is 2. The van der Waals surface area contributed by atoms with Crippen LogP contribution in [0.25, 0.3) is 0 Å². The summed E-state index contributed by atoms with van der Waals surface area (Å²) < 4.78 is 6.15. The number of para-hydroxylation sites is 1. The maximum absolute atomic E-state index is 6.15. The first-order chi connectivity index (χ1) is 8.90. The summed E-state index contributed by atoms with van der Waals surface area (Å²) in [4.78, 5) is 2.43. The highest BCUT2D eigenvalue weighted by atomic mass is 16.5. The van der Waals surface area contributed by atoms with Crippen LogP contribution < -0.4 is 4.74 Å². The quantitative estimate of drug-likeness (QED) is 0.706. The standard InChI is InChI=1S/C16H23NO/c1-2-3-12-16(17-13-8-5-9-14-17)18-15-10-6-4-7-11-15/h4-8,10-11,16H,2-3,9,12-14H2,1H3. The van der Waals surface area contributed by atoms with Gasteiger partial charge in [-0.3, -0.25) is 4.90 Å². The molecule has 0 amide bonds. The van der Waals surface area contributed by atoms with E-state index in [-0.39, 0.29) is 6.23 Å². The van der Waals surface area contributed by atoms with Gasteiger partial charge < -0.3 is 4.74 Å². The summed E-state index contributed by atoms with van der Waals surface area (Å²) in [6, 6.07) is 10.2. The van der Waals surface area contributed by atoms with Gasteiger partial charge in [-0.15, -0.1) is 0 Å². The predicted octanol–water partition coefficient (Wildman–Crippen LogP) is 3.84. The number of hydrogen-bond donors (Lipinski definition) is 0. The van der Waals surface area contributed by atoms with Gasteiger partial charge in [0.15, 0.2) is 6.23 Å². The minimum absolute atomic E-state index is 0.220. The molecule has 0 radical (unpaired) electrons. The van der Waals surface area contributed by atoms with Crippen molar-refractivity contribution < 1.29 is 4.74 Å². The van der Waals surface area contributed by atoms with Crippen molar-refractivity contribution in [1.29, 1.82) is 0 Å². The van der Waals surface area contributed by atoms with Gasteiger partial charge in [-0.2, -0.15) is 0 Å². The second-order valence-electron chi connectivity index (χ2n) is 4.78. The lowest BCUT2D eigenvalue weighted by Crippen LogP contribution is -2.41. The second-order valence-corrected chi connectivity index (χ2v) is 4.78. The van der Waals surface area contributed by atoms with Crippen molar-refractivity contribution in [3.63, 3.8) is 0 Å². The number of ether oxygens (including phenoxy) is 1. The Kier molecular flexibility index (Phi) is 5.28. The molecule has 1 aliphatic heterocycles. The third-order valence-corrected chi connectivity index (χ3v) is 3.32. The van der Waals surface area contributed by atoms with E-state index < -0.39 is 0 Å². The molecule has 1 aromatic carbocycles. The molecule has 1 atom stereocenters. The Bertz CT molecular complexity index is 361. The van der Waals surface area contributed by atoms with E-state index in [0.717, 1.165) is 31.7 Å². The van der Waals surface area contributed by atoms with Crippen LogP contribution in [0, 0.1) is 0 Å². The van der Waals surface area contributed by atoms with E-state index in [1.807, 2.05) is 30.3 Å². The van der Waals surface area contributed by atoms with Gasteiger partial charge in [0.2, 0.25) is 0 Å². The molecule has 0 aliphatic carbocycles. The van der Waals surface area contributed by atoms with Gasteiger partial charge in [0.05, 0.1) is 0 Å². The summed E-state index contributed by atoms with van der Waals surface area (Å²) in [6.07, 6.45) is 9.42. The molecule has 0 N–H and O–H groups in total. The van der Waals surface area contributed by atoms with E-state index in [0.29, 0.717) is 0 Å². The van der Waals surface area contributed by atoms with E-state index in [2.05, 4.69) is 24.0 Å². The summed E-state index contributed by atoms with van der Waals surface area (Å²) in [7, 11) is 0. The number of benzene rings is 1. The van der Waals surface area contributed by atoms with Gasteiger partial charge in [0.25, 0.3) is 0 Å². The van der Waals surface area contributed by atoms with Crippen LogP contribution in [0.1, 0.15) is 32.6 Å². The van der Waals surface area contributed by atoms with Crippen molar-refractivity contribution in [2.75, 3.05) is 13.1 Å². The number of nitrogens with zero attached hydrogens (tertiary/aromatic N) is 1. The lowest BCUT2D eigenvalue weighted by atomic mass is 10.2. The topological polar surface area (TPSA) is 12.5 Å². The first kappa shape index (κ1) is 13.2. The Morgan fingerprint density at radius 3 is 2.72 bits per heavy atom. The molecule has 0 spiro atoms. The van der Waals surface area contributed by atoms with Crippen molar-refractivity contribution >= 4 is 0 Å². The zero-order chi connectivity index (χ0) is 12.6. The molecule has 1 heterocycles. The van der Waals surface area contributed by atoms with Gasteiger partial charge >= 0.3 is 0 Å². The third kappa shape index (κ3) is 3.88. The summed E-state index contributed by atoms with van der Waals surface area (Å²) in [6.45, 7) is 4.36. The van der Waals surface area contributed by atoms with Gasteiger partial charge in [-0.25, -0.2) is 0 Å². The SMILES string of the molecule is CCCCC(Oc1ccccc1)N1CC=CCC1. The lowest BCUT2D eigenvalue weighted by Gasteiger charge is -2.32. The predicted molar refractivity (Wildman–Crippen MR) is 75.7 cm³/mol. The minimum atomic E-state index is 0.220. The first-order valence-corrected chi connectivity index (χ1v) is 7.01. The molecular weight excluding hydrogens is 222 g/mol.